The summed E-state index contributed by atoms with van der Waals surface area (Å²) in [5.41, 5.74) is 7.55. The van der Waals surface area contributed by atoms with Crippen molar-refractivity contribution in [1.29, 1.82) is 0 Å². The predicted molar refractivity (Wildman–Crippen MR) is 102 cm³/mol. The lowest BCUT2D eigenvalue weighted by atomic mass is 9.91. The third-order valence-electron chi connectivity index (χ3n) is 5.53. The number of anilines is 1. The van der Waals surface area contributed by atoms with Crippen LogP contribution in [-0.4, -0.2) is 30.4 Å². The molecule has 1 fully saturated rings. The van der Waals surface area contributed by atoms with E-state index in [-0.39, 0.29) is 11.8 Å². The van der Waals surface area contributed by atoms with Crippen molar-refractivity contribution in [2.45, 2.75) is 58.4 Å². The largest absolute Gasteiger partial charge is 0.349 e. The minimum atomic E-state index is -0.617. The lowest BCUT2D eigenvalue weighted by Gasteiger charge is -2.32. The van der Waals surface area contributed by atoms with E-state index in [0.717, 1.165) is 18.5 Å². The van der Waals surface area contributed by atoms with E-state index >= 15 is 0 Å². The number of hydrogen-bond donors (Lipinski definition) is 2. The number of hydrogen-bond acceptors (Lipinski definition) is 3. The molecule has 0 radical (unpaired) electrons. The maximum atomic E-state index is 12.8. The molecule has 0 spiro atoms. The first-order valence-corrected chi connectivity index (χ1v) is 9.31. The number of amides is 2. The van der Waals surface area contributed by atoms with Crippen molar-refractivity contribution in [3.05, 3.63) is 29.8 Å². The monoisotopic (exact) mass is 345 g/mol. The van der Waals surface area contributed by atoms with Crippen LogP contribution in [0.3, 0.4) is 0 Å². The SMILES string of the molecule is CCC(CC)(CN)NC(=O)C1CCN(c2ccc(C(C)C)cc2)C1=O. The van der Waals surface area contributed by atoms with Crippen LogP contribution in [0, 0.1) is 5.92 Å². The zero-order valence-corrected chi connectivity index (χ0v) is 15.8. The summed E-state index contributed by atoms with van der Waals surface area (Å²) in [4.78, 5) is 27.1. The van der Waals surface area contributed by atoms with Gasteiger partial charge in [-0.1, -0.05) is 39.8 Å². The molecule has 5 nitrogen and oxygen atoms in total. The van der Waals surface area contributed by atoms with Gasteiger partial charge in [0, 0.05) is 18.8 Å². The number of benzene rings is 1. The van der Waals surface area contributed by atoms with Crippen LogP contribution in [0.2, 0.25) is 0 Å². The molecule has 0 bridgehead atoms. The van der Waals surface area contributed by atoms with Crippen LogP contribution >= 0.6 is 0 Å². The van der Waals surface area contributed by atoms with Crippen LogP contribution in [0.25, 0.3) is 0 Å². The van der Waals surface area contributed by atoms with Gasteiger partial charge in [0.1, 0.15) is 5.92 Å². The first-order chi connectivity index (χ1) is 11.9. The molecular formula is C20H31N3O2. The molecule has 5 heteroatoms. The van der Waals surface area contributed by atoms with Gasteiger partial charge in [0.25, 0.3) is 0 Å². The Morgan fingerprint density at radius 1 is 1.28 bits per heavy atom. The molecule has 1 atom stereocenters. The lowest BCUT2D eigenvalue weighted by Crippen LogP contribution is -2.55. The van der Waals surface area contributed by atoms with Gasteiger partial charge in [0.15, 0.2) is 0 Å². The van der Waals surface area contributed by atoms with Crippen LogP contribution in [0.4, 0.5) is 5.69 Å². The smallest absolute Gasteiger partial charge is 0.239 e. The fourth-order valence-corrected chi connectivity index (χ4v) is 3.33. The molecule has 1 aromatic rings. The van der Waals surface area contributed by atoms with E-state index in [0.29, 0.717) is 25.4 Å². The summed E-state index contributed by atoms with van der Waals surface area (Å²) >= 11 is 0. The standard InChI is InChI=1S/C20H31N3O2/c1-5-20(6-2,13-21)22-18(24)17-11-12-23(19(17)25)16-9-7-15(8-10-16)14(3)4/h7-10,14,17H,5-6,11-13,21H2,1-4H3,(H,22,24). The fourth-order valence-electron chi connectivity index (χ4n) is 3.33. The number of carbonyl (C=O) groups is 2. The van der Waals surface area contributed by atoms with Crippen LogP contribution in [0.5, 0.6) is 0 Å². The molecule has 0 aromatic heterocycles. The molecule has 1 heterocycles. The van der Waals surface area contributed by atoms with Crippen molar-refractivity contribution in [3.63, 3.8) is 0 Å². The maximum Gasteiger partial charge on any atom is 0.239 e. The van der Waals surface area contributed by atoms with Crippen LogP contribution in [-0.2, 0) is 9.59 Å². The number of carbonyl (C=O) groups excluding carboxylic acids is 2. The minimum Gasteiger partial charge on any atom is -0.349 e. The summed E-state index contributed by atoms with van der Waals surface area (Å²) in [5, 5.41) is 3.04. The number of nitrogens with one attached hydrogen (secondary N) is 1. The average molecular weight is 345 g/mol. The van der Waals surface area contributed by atoms with Gasteiger partial charge < -0.3 is 16.0 Å². The van der Waals surface area contributed by atoms with E-state index in [4.69, 9.17) is 5.73 Å². The molecule has 3 N–H and O–H groups in total. The van der Waals surface area contributed by atoms with Gasteiger partial charge >= 0.3 is 0 Å². The van der Waals surface area contributed by atoms with Crippen LogP contribution < -0.4 is 16.0 Å². The quantitative estimate of drug-likeness (QED) is 0.746. The van der Waals surface area contributed by atoms with Gasteiger partial charge in [0.05, 0.1) is 5.54 Å². The second kappa shape index (κ2) is 8.00. The third-order valence-corrected chi connectivity index (χ3v) is 5.53. The van der Waals surface area contributed by atoms with Crippen molar-refractivity contribution < 1.29 is 9.59 Å². The Morgan fingerprint density at radius 3 is 2.36 bits per heavy atom. The molecule has 1 aliphatic heterocycles. The highest BCUT2D eigenvalue weighted by Crippen LogP contribution is 2.28. The Labute approximate surface area is 151 Å². The fraction of sp³-hybridized carbons (Fsp3) is 0.600. The van der Waals surface area contributed by atoms with E-state index in [1.807, 2.05) is 38.1 Å². The lowest BCUT2D eigenvalue weighted by molar-refractivity contribution is -0.133. The van der Waals surface area contributed by atoms with E-state index in [1.165, 1.54) is 5.56 Å². The molecule has 138 valence electrons. The molecule has 1 unspecified atom stereocenters. The van der Waals surface area contributed by atoms with Gasteiger partial charge in [-0.15, -0.1) is 0 Å². The van der Waals surface area contributed by atoms with Crippen LogP contribution in [0.1, 0.15) is 58.4 Å². The minimum absolute atomic E-state index is 0.118. The molecule has 1 saturated heterocycles. The van der Waals surface area contributed by atoms with Crippen molar-refractivity contribution >= 4 is 17.5 Å². The van der Waals surface area contributed by atoms with Gasteiger partial charge in [-0.05, 0) is 42.9 Å². The van der Waals surface area contributed by atoms with Crippen LogP contribution in [0.15, 0.2) is 24.3 Å². The van der Waals surface area contributed by atoms with Crippen molar-refractivity contribution in [1.82, 2.24) is 5.32 Å². The predicted octanol–water partition coefficient (Wildman–Crippen LogP) is 2.80. The molecular weight excluding hydrogens is 314 g/mol. The summed E-state index contributed by atoms with van der Waals surface area (Å²) in [6.45, 7) is 9.26. The van der Waals surface area contributed by atoms with Crippen molar-refractivity contribution in [3.8, 4) is 0 Å². The average Bonchev–Trinajstić information content (AvgIpc) is 3.01. The zero-order valence-electron chi connectivity index (χ0n) is 15.8. The Morgan fingerprint density at radius 2 is 1.88 bits per heavy atom. The molecule has 1 aliphatic rings. The van der Waals surface area contributed by atoms with Gasteiger partial charge in [-0.25, -0.2) is 0 Å². The number of nitrogens with zero attached hydrogens (tertiary/aromatic N) is 1. The van der Waals surface area contributed by atoms with E-state index in [2.05, 4.69) is 19.2 Å². The topological polar surface area (TPSA) is 75.4 Å². The summed E-state index contributed by atoms with van der Waals surface area (Å²) in [6.07, 6.45) is 2.06. The molecule has 2 rings (SSSR count). The highest BCUT2D eigenvalue weighted by molar-refractivity contribution is 6.09. The maximum absolute atomic E-state index is 12.8. The Bertz CT molecular complexity index is 598. The van der Waals surface area contributed by atoms with Crippen molar-refractivity contribution in [2.24, 2.45) is 11.7 Å². The number of nitrogens with two attached hydrogens (primary N) is 1. The second-order valence-electron chi connectivity index (χ2n) is 7.26. The molecule has 0 aliphatic carbocycles. The first kappa shape index (κ1) is 19.4. The second-order valence-corrected chi connectivity index (χ2v) is 7.26. The van der Waals surface area contributed by atoms with E-state index in [9.17, 15) is 9.59 Å². The third kappa shape index (κ3) is 4.03. The van der Waals surface area contributed by atoms with Gasteiger partial charge in [-0.2, -0.15) is 0 Å². The molecule has 0 saturated carbocycles. The Hall–Kier alpha value is -1.88. The first-order valence-electron chi connectivity index (χ1n) is 9.31. The summed E-state index contributed by atoms with van der Waals surface area (Å²) in [6, 6.07) is 8.04. The molecule has 2 amide bonds. The molecule has 25 heavy (non-hydrogen) atoms. The summed E-state index contributed by atoms with van der Waals surface area (Å²) < 4.78 is 0. The highest BCUT2D eigenvalue weighted by atomic mass is 16.2. The molecule has 1 aromatic carbocycles. The Balaban J connectivity index is 2.09. The van der Waals surface area contributed by atoms with E-state index < -0.39 is 11.5 Å². The van der Waals surface area contributed by atoms with Crippen molar-refractivity contribution in [2.75, 3.05) is 18.0 Å². The normalized spacial score (nSPS) is 18.1. The highest BCUT2D eigenvalue weighted by Gasteiger charge is 2.40. The Kier molecular flexibility index (Phi) is 6.22. The summed E-state index contributed by atoms with van der Waals surface area (Å²) in [7, 11) is 0. The summed E-state index contributed by atoms with van der Waals surface area (Å²) in [5.74, 6) is -0.475. The van der Waals surface area contributed by atoms with E-state index in [1.54, 1.807) is 4.90 Å². The zero-order chi connectivity index (χ0) is 18.6. The van der Waals surface area contributed by atoms with Gasteiger partial charge in [0.2, 0.25) is 11.8 Å². The number of rotatable bonds is 7. The van der Waals surface area contributed by atoms with Gasteiger partial charge in [-0.3, -0.25) is 9.59 Å².